The number of ether oxygens (including phenoxy) is 2. The Kier molecular flexibility index (Phi) is 4.83. The molecule has 3 heterocycles. The van der Waals surface area contributed by atoms with Crippen LogP contribution in [0.5, 0.6) is 0 Å². The van der Waals surface area contributed by atoms with Crippen molar-refractivity contribution >= 4 is 33.0 Å². The minimum absolute atomic E-state index is 0.261. The van der Waals surface area contributed by atoms with E-state index in [1.165, 1.54) is 16.9 Å². The Morgan fingerprint density at radius 3 is 2.66 bits per heavy atom. The fourth-order valence-corrected chi connectivity index (χ4v) is 4.27. The number of anilines is 1. The molecule has 146 valence electrons. The second-order valence-corrected chi connectivity index (χ2v) is 7.91. The molecule has 0 fully saturated rings. The van der Waals surface area contributed by atoms with Gasteiger partial charge in [-0.3, -0.25) is 0 Å². The molecular formula is C21H17ClN4O2S. The second-order valence-electron chi connectivity index (χ2n) is 6.57. The van der Waals surface area contributed by atoms with Gasteiger partial charge in [-0.1, -0.05) is 71.5 Å². The predicted octanol–water partition coefficient (Wildman–Crippen LogP) is 4.96. The maximum absolute atomic E-state index is 6.31. The lowest BCUT2D eigenvalue weighted by Crippen LogP contribution is -2.25. The Hall–Kier alpha value is -3.03. The monoisotopic (exact) mass is 424 g/mol. The molecule has 29 heavy (non-hydrogen) atoms. The summed E-state index contributed by atoms with van der Waals surface area (Å²) in [7, 11) is 0. The summed E-state index contributed by atoms with van der Waals surface area (Å²) in [5.74, 6) is 0.783. The summed E-state index contributed by atoms with van der Waals surface area (Å²) in [5.41, 5.74) is 2.90. The van der Waals surface area contributed by atoms with E-state index in [9.17, 15) is 0 Å². The zero-order valence-corrected chi connectivity index (χ0v) is 16.9. The number of hydrogen-bond acceptors (Lipinski definition) is 6. The average molecular weight is 425 g/mol. The van der Waals surface area contributed by atoms with E-state index in [1.54, 1.807) is 10.8 Å². The number of benzene rings is 2. The van der Waals surface area contributed by atoms with E-state index in [0.29, 0.717) is 18.1 Å². The van der Waals surface area contributed by atoms with Gasteiger partial charge in [-0.2, -0.15) is 0 Å². The standard InChI is InChI=1S/C21H17ClN4O2S/c22-18-9-5-4-8-17(18)19-12-26-20(23-19)29-21(24-26)25(11-16-13-27-14-28-16)10-15-6-2-1-3-7-15/h1-9,12-13H,10-11,14H2. The first-order chi connectivity index (χ1) is 14.3. The van der Waals surface area contributed by atoms with Crippen LogP contribution in [0.4, 0.5) is 5.13 Å². The van der Waals surface area contributed by atoms with Crippen molar-refractivity contribution in [1.82, 2.24) is 14.6 Å². The molecule has 5 rings (SSSR count). The molecule has 0 aliphatic carbocycles. The van der Waals surface area contributed by atoms with Crippen LogP contribution < -0.4 is 4.90 Å². The Bertz CT molecular complexity index is 1140. The highest BCUT2D eigenvalue weighted by atomic mass is 35.5. The fraction of sp³-hybridized carbons (Fsp3) is 0.143. The molecule has 2 aromatic carbocycles. The highest BCUT2D eigenvalue weighted by Crippen LogP contribution is 2.31. The summed E-state index contributed by atoms with van der Waals surface area (Å²) in [5, 5.41) is 6.29. The highest BCUT2D eigenvalue weighted by Gasteiger charge is 2.19. The van der Waals surface area contributed by atoms with E-state index in [4.69, 9.17) is 31.2 Å². The third-order valence-corrected chi connectivity index (χ3v) is 5.86. The molecule has 0 bridgehead atoms. The first kappa shape index (κ1) is 18.0. The third kappa shape index (κ3) is 3.79. The van der Waals surface area contributed by atoms with Gasteiger partial charge in [0.1, 0.15) is 6.26 Å². The van der Waals surface area contributed by atoms with Crippen LogP contribution in [0, 0.1) is 0 Å². The summed E-state index contributed by atoms with van der Waals surface area (Å²) in [6.45, 7) is 1.54. The van der Waals surface area contributed by atoms with Crippen molar-refractivity contribution in [3.8, 4) is 11.3 Å². The molecule has 1 aliphatic heterocycles. The van der Waals surface area contributed by atoms with Crippen molar-refractivity contribution < 1.29 is 9.47 Å². The van der Waals surface area contributed by atoms with Crippen LogP contribution in [-0.4, -0.2) is 27.9 Å². The molecular weight excluding hydrogens is 408 g/mol. The van der Waals surface area contributed by atoms with Gasteiger partial charge in [0.25, 0.3) is 0 Å². The van der Waals surface area contributed by atoms with Crippen LogP contribution in [0.2, 0.25) is 5.02 Å². The maximum atomic E-state index is 6.31. The van der Waals surface area contributed by atoms with Gasteiger partial charge in [-0.25, -0.2) is 9.50 Å². The van der Waals surface area contributed by atoms with E-state index in [2.05, 4.69) is 17.0 Å². The van der Waals surface area contributed by atoms with E-state index >= 15 is 0 Å². The van der Waals surface area contributed by atoms with Crippen LogP contribution >= 0.6 is 22.9 Å². The summed E-state index contributed by atoms with van der Waals surface area (Å²) in [6.07, 6.45) is 3.57. The highest BCUT2D eigenvalue weighted by molar-refractivity contribution is 7.20. The smallest absolute Gasteiger partial charge is 0.229 e. The summed E-state index contributed by atoms with van der Waals surface area (Å²) in [4.78, 5) is 7.69. The van der Waals surface area contributed by atoms with Gasteiger partial charge in [0, 0.05) is 12.1 Å². The first-order valence-corrected chi connectivity index (χ1v) is 10.3. The molecule has 0 saturated carbocycles. The van der Waals surface area contributed by atoms with Crippen molar-refractivity contribution in [3.63, 3.8) is 0 Å². The number of halogens is 1. The van der Waals surface area contributed by atoms with E-state index in [-0.39, 0.29) is 6.79 Å². The quantitative estimate of drug-likeness (QED) is 0.437. The number of aromatic nitrogens is 3. The molecule has 0 amide bonds. The Labute approximate surface area is 176 Å². The van der Waals surface area contributed by atoms with E-state index < -0.39 is 0 Å². The van der Waals surface area contributed by atoms with Gasteiger partial charge in [-0.05, 0) is 11.6 Å². The molecule has 6 nitrogen and oxygen atoms in total. The summed E-state index contributed by atoms with van der Waals surface area (Å²) in [6, 6.07) is 18.0. The zero-order valence-electron chi connectivity index (χ0n) is 15.4. The molecule has 0 atom stereocenters. The predicted molar refractivity (Wildman–Crippen MR) is 114 cm³/mol. The lowest BCUT2D eigenvalue weighted by molar-refractivity contribution is 0.0797. The summed E-state index contributed by atoms with van der Waals surface area (Å²) >= 11 is 7.84. The van der Waals surface area contributed by atoms with Crippen LogP contribution in [0.25, 0.3) is 16.2 Å². The largest absolute Gasteiger partial charge is 0.462 e. The molecule has 2 aromatic heterocycles. The first-order valence-electron chi connectivity index (χ1n) is 9.10. The summed E-state index contributed by atoms with van der Waals surface area (Å²) < 4.78 is 12.5. The van der Waals surface area contributed by atoms with Crippen LogP contribution in [0.3, 0.4) is 0 Å². The topological polar surface area (TPSA) is 51.9 Å². The van der Waals surface area contributed by atoms with Crippen LogP contribution in [0.15, 0.2) is 72.8 Å². The number of imidazole rings is 1. The fourth-order valence-electron chi connectivity index (χ4n) is 3.15. The Morgan fingerprint density at radius 1 is 1.07 bits per heavy atom. The van der Waals surface area contributed by atoms with Gasteiger partial charge in [0.15, 0.2) is 5.76 Å². The van der Waals surface area contributed by atoms with E-state index in [0.717, 1.165) is 27.1 Å². The Morgan fingerprint density at radius 2 is 1.90 bits per heavy atom. The normalized spacial score (nSPS) is 13.2. The molecule has 1 aliphatic rings. The van der Waals surface area contributed by atoms with Gasteiger partial charge >= 0.3 is 0 Å². The average Bonchev–Trinajstić information content (AvgIpc) is 3.45. The lowest BCUT2D eigenvalue weighted by atomic mass is 10.2. The number of hydrogen-bond donors (Lipinski definition) is 0. The van der Waals surface area contributed by atoms with Crippen molar-refractivity contribution in [3.05, 3.63) is 83.4 Å². The molecule has 0 N–H and O–H groups in total. The molecule has 4 aromatic rings. The molecule has 0 radical (unpaired) electrons. The van der Waals surface area contributed by atoms with Gasteiger partial charge in [0.2, 0.25) is 16.9 Å². The molecule has 0 spiro atoms. The number of fused-ring (bicyclic) bond motifs is 1. The van der Waals surface area contributed by atoms with Crippen molar-refractivity contribution in [2.75, 3.05) is 18.2 Å². The number of nitrogens with zero attached hydrogens (tertiary/aromatic N) is 4. The van der Waals surface area contributed by atoms with Gasteiger partial charge in [0.05, 0.1) is 23.5 Å². The Balaban J connectivity index is 1.46. The van der Waals surface area contributed by atoms with Gasteiger partial charge < -0.3 is 14.4 Å². The maximum Gasteiger partial charge on any atom is 0.229 e. The third-order valence-electron chi connectivity index (χ3n) is 4.54. The SMILES string of the molecule is Clc1ccccc1-c1cn2nc(N(CC3=COCO3)Cc3ccccc3)sc2n1. The zero-order chi connectivity index (χ0) is 19.6. The minimum Gasteiger partial charge on any atom is -0.462 e. The van der Waals surface area contributed by atoms with Crippen molar-refractivity contribution in [1.29, 1.82) is 0 Å². The molecule has 0 unspecified atom stereocenters. The molecule has 0 saturated heterocycles. The molecule has 8 heteroatoms. The number of rotatable bonds is 6. The van der Waals surface area contributed by atoms with Gasteiger partial charge in [-0.15, -0.1) is 5.10 Å². The van der Waals surface area contributed by atoms with Crippen LogP contribution in [-0.2, 0) is 16.0 Å². The van der Waals surface area contributed by atoms with Crippen molar-refractivity contribution in [2.45, 2.75) is 6.54 Å². The lowest BCUT2D eigenvalue weighted by Gasteiger charge is -2.21. The van der Waals surface area contributed by atoms with E-state index in [1.807, 2.05) is 48.7 Å². The minimum atomic E-state index is 0.261. The van der Waals surface area contributed by atoms with Crippen LogP contribution in [0.1, 0.15) is 5.56 Å². The van der Waals surface area contributed by atoms with Crippen molar-refractivity contribution in [2.24, 2.45) is 0 Å². The second kappa shape index (κ2) is 7.77.